The predicted molar refractivity (Wildman–Crippen MR) is 40.7 cm³/mol. The van der Waals surface area contributed by atoms with Crippen molar-refractivity contribution in [2.75, 3.05) is 0 Å². The summed E-state index contributed by atoms with van der Waals surface area (Å²) < 4.78 is 0. The van der Waals surface area contributed by atoms with Gasteiger partial charge >= 0.3 is 0 Å². The molecule has 0 spiro atoms. The van der Waals surface area contributed by atoms with Crippen LogP contribution in [-0.4, -0.2) is 11.2 Å². The molecule has 0 radical (unpaired) electrons. The monoisotopic (exact) mass is 140 g/mol. The Morgan fingerprint density at radius 3 is 2.60 bits per heavy atom. The van der Waals surface area contributed by atoms with E-state index in [0.29, 0.717) is 0 Å². The molecule has 1 heteroatoms. The fourth-order valence-electron chi connectivity index (χ4n) is 2.18. The Morgan fingerprint density at radius 2 is 1.70 bits per heavy atom. The van der Waals surface area contributed by atoms with Gasteiger partial charge < -0.3 is 5.11 Å². The molecule has 0 aromatic carbocycles. The summed E-state index contributed by atoms with van der Waals surface area (Å²) in [5.41, 5.74) is 0. The van der Waals surface area contributed by atoms with Crippen molar-refractivity contribution in [1.82, 2.24) is 0 Å². The first-order chi connectivity index (χ1) is 4.86. The standard InChI is InChI=1S/C9H16O/c10-9-3-1-2-7-6-8(7)4-5-9/h7-10H,1-6H2/t7-,8+,9+/m0/s1. The van der Waals surface area contributed by atoms with E-state index in [1.54, 1.807) is 0 Å². The maximum Gasteiger partial charge on any atom is 0.0540 e. The molecular formula is C9H16O. The number of hydrogen-bond donors (Lipinski definition) is 1. The van der Waals surface area contributed by atoms with E-state index in [-0.39, 0.29) is 6.10 Å². The van der Waals surface area contributed by atoms with Gasteiger partial charge in [0.1, 0.15) is 0 Å². The third-order valence-electron chi connectivity index (χ3n) is 3.05. The molecule has 0 aromatic rings. The zero-order valence-electron chi connectivity index (χ0n) is 6.42. The van der Waals surface area contributed by atoms with Crippen LogP contribution < -0.4 is 0 Å². The van der Waals surface area contributed by atoms with E-state index in [4.69, 9.17) is 0 Å². The molecule has 2 rings (SSSR count). The van der Waals surface area contributed by atoms with Crippen LogP contribution in [0.2, 0.25) is 0 Å². The van der Waals surface area contributed by atoms with Gasteiger partial charge in [0, 0.05) is 0 Å². The van der Waals surface area contributed by atoms with Gasteiger partial charge in [-0.25, -0.2) is 0 Å². The van der Waals surface area contributed by atoms with Crippen LogP contribution in [0.1, 0.15) is 38.5 Å². The Kier molecular flexibility index (Phi) is 1.69. The van der Waals surface area contributed by atoms with Gasteiger partial charge in [-0.15, -0.1) is 0 Å². The van der Waals surface area contributed by atoms with E-state index in [1.165, 1.54) is 25.7 Å². The molecule has 2 fully saturated rings. The quantitative estimate of drug-likeness (QED) is 0.545. The molecule has 0 aromatic heterocycles. The van der Waals surface area contributed by atoms with Gasteiger partial charge in [-0.3, -0.25) is 0 Å². The van der Waals surface area contributed by atoms with E-state index in [2.05, 4.69) is 0 Å². The molecular weight excluding hydrogens is 124 g/mol. The fraction of sp³-hybridized carbons (Fsp3) is 1.00. The lowest BCUT2D eigenvalue weighted by Gasteiger charge is -2.12. The van der Waals surface area contributed by atoms with Crippen LogP contribution in [0.15, 0.2) is 0 Å². The van der Waals surface area contributed by atoms with Crippen molar-refractivity contribution in [3.8, 4) is 0 Å². The van der Waals surface area contributed by atoms with Gasteiger partial charge in [-0.05, 0) is 37.5 Å². The topological polar surface area (TPSA) is 20.2 Å². The molecule has 0 heterocycles. The molecule has 1 nitrogen and oxygen atoms in total. The van der Waals surface area contributed by atoms with Crippen molar-refractivity contribution in [2.24, 2.45) is 11.8 Å². The average Bonchev–Trinajstić information content (AvgIpc) is 2.59. The smallest absolute Gasteiger partial charge is 0.0540 e. The van der Waals surface area contributed by atoms with E-state index >= 15 is 0 Å². The molecule has 0 saturated heterocycles. The number of fused-ring (bicyclic) bond motifs is 1. The molecule has 3 atom stereocenters. The first kappa shape index (κ1) is 6.66. The number of aliphatic hydroxyl groups is 1. The SMILES string of the molecule is O[C@@H]1CCC[C@H]2C[C@H]2CC1. The highest BCUT2D eigenvalue weighted by molar-refractivity contribution is 4.88. The first-order valence-electron chi connectivity index (χ1n) is 4.54. The Balaban J connectivity index is 1.83. The molecule has 0 unspecified atom stereocenters. The van der Waals surface area contributed by atoms with Crippen molar-refractivity contribution >= 4 is 0 Å². The van der Waals surface area contributed by atoms with E-state index in [0.717, 1.165) is 24.7 Å². The summed E-state index contributed by atoms with van der Waals surface area (Å²) in [4.78, 5) is 0. The molecule has 2 aliphatic carbocycles. The second kappa shape index (κ2) is 2.54. The van der Waals surface area contributed by atoms with Crippen LogP contribution in [0, 0.1) is 11.8 Å². The van der Waals surface area contributed by atoms with Gasteiger partial charge in [0.2, 0.25) is 0 Å². The van der Waals surface area contributed by atoms with Crippen LogP contribution >= 0.6 is 0 Å². The molecule has 1 N–H and O–H groups in total. The highest BCUT2D eigenvalue weighted by atomic mass is 16.3. The summed E-state index contributed by atoms with van der Waals surface area (Å²) >= 11 is 0. The van der Waals surface area contributed by atoms with Crippen molar-refractivity contribution in [3.63, 3.8) is 0 Å². The van der Waals surface area contributed by atoms with Crippen LogP contribution in [0.5, 0.6) is 0 Å². The Morgan fingerprint density at radius 1 is 0.900 bits per heavy atom. The highest BCUT2D eigenvalue weighted by Gasteiger charge is 2.37. The molecule has 10 heavy (non-hydrogen) atoms. The Hall–Kier alpha value is -0.0400. The minimum Gasteiger partial charge on any atom is -0.393 e. The van der Waals surface area contributed by atoms with E-state index in [9.17, 15) is 5.11 Å². The van der Waals surface area contributed by atoms with Crippen molar-refractivity contribution in [1.29, 1.82) is 0 Å². The summed E-state index contributed by atoms with van der Waals surface area (Å²) in [7, 11) is 0. The number of hydrogen-bond acceptors (Lipinski definition) is 1. The van der Waals surface area contributed by atoms with Crippen LogP contribution in [-0.2, 0) is 0 Å². The maximum absolute atomic E-state index is 9.35. The lowest BCUT2D eigenvalue weighted by molar-refractivity contribution is 0.140. The third kappa shape index (κ3) is 1.34. The first-order valence-corrected chi connectivity index (χ1v) is 4.54. The zero-order chi connectivity index (χ0) is 6.97. The minimum absolute atomic E-state index is 0.0292. The van der Waals surface area contributed by atoms with E-state index < -0.39 is 0 Å². The molecule has 0 bridgehead atoms. The summed E-state index contributed by atoms with van der Waals surface area (Å²) in [6.07, 6.45) is 7.58. The van der Waals surface area contributed by atoms with Crippen molar-refractivity contribution in [2.45, 2.75) is 44.6 Å². The molecule has 0 aliphatic heterocycles. The Bertz CT molecular complexity index is 120. The largest absolute Gasteiger partial charge is 0.393 e. The fourth-order valence-corrected chi connectivity index (χ4v) is 2.18. The average molecular weight is 140 g/mol. The number of aliphatic hydroxyl groups excluding tert-OH is 1. The molecule has 2 saturated carbocycles. The minimum atomic E-state index is 0.0292. The third-order valence-corrected chi connectivity index (χ3v) is 3.05. The van der Waals surface area contributed by atoms with Gasteiger partial charge in [0.05, 0.1) is 6.10 Å². The summed E-state index contributed by atoms with van der Waals surface area (Å²) in [5, 5.41) is 9.35. The second-order valence-corrected chi connectivity index (χ2v) is 3.92. The summed E-state index contributed by atoms with van der Waals surface area (Å²) in [5.74, 6) is 2.07. The van der Waals surface area contributed by atoms with Crippen molar-refractivity contribution in [3.05, 3.63) is 0 Å². The van der Waals surface area contributed by atoms with Gasteiger partial charge in [-0.1, -0.05) is 12.8 Å². The van der Waals surface area contributed by atoms with Crippen molar-refractivity contribution < 1.29 is 5.11 Å². The van der Waals surface area contributed by atoms with Crippen LogP contribution in [0.4, 0.5) is 0 Å². The molecule has 58 valence electrons. The predicted octanol–water partition coefficient (Wildman–Crippen LogP) is 1.95. The summed E-state index contributed by atoms with van der Waals surface area (Å²) in [6.45, 7) is 0. The summed E-state index contributed by atoms with van der Waals surface area (Å²) in [6, 6.07) is 0. The zero-order valence-corrected chi connectivity index (χ0v) is 6.42. The highest BCUT2D eigenvalue weighted by Crippen LogP contribution is 2.47. The molecule has 2 aliphatic rings. The second-order valence-electron chi connectivity index (χ2n) is 3.92. The maximum atomic E-state index is 9.35. The van der Waals surface area contributed by atoms with Gasteiger partial charge in [0.15, 0.2) is 0 Å². The van der Waals surface area contributed by atoms with Crippen LogP contribution in [0.25, 0.3) is 0 Å². The lowest BCUT2D eigenvalue weighted by Crippen LogP contribution is -2.08. The lowest BCUT2D eigenvalue weighted by atomic mass is 9.99. The Labute approximate surface area is 62.4 Å². The molecule has 0 amide bonds. The van der Waals surface area contributed by atoms with E-state index in [1.807, 2.05) is 0 Å². The number of rotatable bonds is 0. The van der Waals surface area contributed by atoms with Gasteiger partial charge in [-0.2, -0.15) is 0 Å². The van der Waals surface area contributed by atoms with Crippen LogP contribution in [0.3, 0.4) is 0 Å². The van der Waals surface area contributed by atoms with Gasteiger partial charge in [0.25, 0.3) is 0 Å². The normalized spacial score (nSPS) is 47.1.